The van der Waals surface area contributed by atoms with E-state index in [-0.39, 0.29) is 0 Å². The van der Waals surface area contributed by atoms with Gasteiger partial charge in [0.2, 0.25) is 0 Å². The van der Waals surface area contributed by atoms with E-state index in [1.54, 1.807) is 18.2 Å². The molecular weight excluding hydrogens is 204 g/mol. The van der Waals surface area contributed by atoms with Crippen LogP contribution in [0.4, 0.5) is 0 Å². The molecule has 3 nitrogen and oxygen atoms in total. The molecule has 3 heteroatoms. The summed E-state index contributed by atoms with van der Waals surface area (Å²) in [4.78, 5) is 10.8. The predicted molar refractivity (Wildman–Crippen MR) is 61.8 cm³/mol. The smallest absolute Gasteiger partial charge is 0.335 e. The summed E-state index contributed by atoms with van der Waals surface area (Å²) in [5.74, 6) is 0.0256. The van der Waals surface area contributed by atoms with Crippen LogP contribution in [0.15, 0.2) is 28.7 Å². The summed E-state index contributed by atoms with van der Waals surface area (Å²) in [6.07, 6.45) is 3.12. The Morgan fingerprint density at radius 3 is 2.88 bits per heavy atom. The lowest BCUT2D eigenvalue weighted by Crippen LogP contribution is -1.94. The van der Waals surface area contributed by atoms with E-state index in [2.05, 4.69) is 6.92 Å². The highest BCUT2D eigenvalue weighted by molar-refractivity contribution is 5.93. The van der Waals surface area contributed by atoms with E-state index in [9.17, 15) is 4.79 Å². The van der Waals surface area contributed by atoms with Crippen molar-refractivity contribution in [2.45, 2.75) is 26.2 Å². The van der Waals surface area contributed by atoms with Gasteiger partial charge in [-0.2, -0.15) is 0 Å². The van der Waals surface area contributed by atoms with E-state index in [0.717, 1.165) is 36.0 Å². The van der Waals surface area contributed by atoms with Gasteiger partial charge in [0.15, 0.2) is 0 Å². The number of hydrogen-bond donors (Lipinski definition) is 1. The molecule has 2 rings (SSSR count). The van der Waals surface area contributed by atoms with Crippen molar-refractivity contribution in [2.24, 2.45) is 0 Å². The van der Waals surface area contributed by atoms with Gasteiger partial charge >= 0.3 is 5.97 Å². The van der Waals surface area contributed by atoms with Gasteiger partial charge in [-0.05, 0) is 30.7 Å². The zero-order valence-corrected chi connectivity index (χ0v) is 9.19. The standard InChI is InChI=1S/C13H14O3/c1-2-3-4-11-8-10-7-9(13(14)15)5-6-12(10)16-11/h5-8H,2-4H2,1H3,(H,14,15). The number of unbranched alkanes of at least 4 members (excludes halogenated alkanes) is 1. The Morgan fingerprint density at radius 1 is 1.38 bits per heavy atom. The molecule has 1 N–H and O–H groups in total. The van der Waals surface area contributed by atoms with E-state index in [4.69, 9.17) is 9.52 Å². The first-order chi connectivity index (χ1) is 7.70. The molecule has 0 saturated heterocycles. The molecule has 0 bridgehead atoms. The molecule has 0 saturated carbocycles. The molecule has 0 aliphatic carbocycles. The summed E-state index contributed by atoms with van der Waals surface area (Å²) in [5.41, 5.74) is 1.06. The van der Waals surface area contributed by atoms with Crippen molar-refractivity contribution in [3.8, 4) is 0 Å². The molecule has 1 aromatic heterocycles. The third-order valence-electron chi connectivity index (χ3n) is 2.59. The normalized spacial score (nSPS) is 10.8. The molecule has 2 aromatic rings. The minimum absolute atomic E-state index is 0.301. The molecule has 0 radical (unpaired) electrons. The Kier molecular flexibility index (Phi) is 2.95. The molecule has 1 aromatic carbocycles. The molecule has 84 valence electrons. The first-order valence-electron chi connectivity index (χ1n) is 5.46. The second-order valence-corrected chi connectivity index (χ2v) is 3.87. The van der Waals surface area contributed by atoms with Crippen LogP contribution in [0.3, 0.4) is 0 Å². The number of fused-ring (bicyclic) bond motifs is 1. The number of furan rings is 1. The quantitative estimate of drug-likeness (QED) is 0.854. The Labute approximate surface area is 93.7 Å². The maximum absolute atomic E-state index is 10.8. The van der Waals surface area contributed by atoms with Crippen molar-refractivity contribution in [3.05, 3.63) is 35.6 Å². The van der Waals surface area contributed by atoms with Crippen LogP contribution >= 0.6 is 0 Å². The van der Waals surface area contributed by atoms with Crippen molar-refractivity contribution in [2.75, 3.05) is 0 Å². The number of aromatic carboxylic acids is 1. The van der Waals surface area contributed by atoms with Crippen molar-refractivity contribution < 1.29 is 14.3 Å². The minimum atomic E-state index is -0.904. The maximum atomic E-state index is 10.8. The van der Waals surface area contributed by atoms with Crippen molar-refractivity contribution >= 4 is 16.9 Å². The largest absolute Gasteiger partial charge is 0.478 e. The van der Waals surface area contributed by atoms with Gasteiger partial charge in [-0.1, -0.05) is 13.3 Å². The topological polar surface area (TPSA) is 50.4 Å². The highest BCUT2D eigenvalue weighted by Gasteiger charge is 2.07. The van der Waals surface area contributed by atoms with Gasteiger partial charge in [0, 0.05) is 11.8 Å². The number of aryl methyl sites for hydroxylation is 1. The molecule has 0 unspecified atom stereocenters. The average Bonchev–Trinajstić information content (AvgIpc) is 2.67. The number of carboxylic acid groups (broad SMARTS) is 1. The van der Waals surface area contributed by atoms with E-state index in [0.29, 0.717) is 5.56 Å². The molecule has 0 fully saturated rings. The van der Waals surface area contributed by atoms with Gasteiger partial charge in [-0.25, -0.2) is 4.79 Å². The van der Waals surface area contributed by atoms with Crippen molar-refractivity contribution in [1.29, 1.82) is 0 Å². The van der Waals surface area contributed by atoms with Gasteiger partial charge in [0.25, 0.3) is 0 Å². The number of rotatable bonds is 4. The Bertz CT molecular complexity index is 511. The van der Waals surface area contributed by atoms with Gasteiger partial charge in [-0.3, -0.25) is 0 Å². The van der Waals surface area contributed by atoms with Crippen LogP contribution in [-0.4, -0.2) is 11.1 Å². The zero-order chi connectivity index (χ0) is 11.5. The number of carbonyl (C=O) groups is 1. The summed E-state index contributed by atoms with van der Waals surface area (Å²) in [6, 6.07) is 6.86. The lowest BCUT2D eigenvalue weighted by atomic mass is 10.1. The minimum Gasteiger partial charge on any atom is -0.478 e. The lowest BCUT2D eigenvalue weighted by Gasteiger charge is -1.92. The van der Waals surface area contributed by atoms with Crippen molar-refractivity contribution in [1.82, 2.24) is 0 Å². The van der Waals surface area contributed by atoms with Crippen LogP contribution in [0.1, 0.15) is 35.9 Å². The molecule has 0 spiro atoms. The van der Waals surface area contributed by atoms with Crippen LogP contribution in [0.5, 0.6) is 0 Å². The molecule has 0 atom stereocenters. The average molecular weight is 218 g/mol. The summed E-state index contributed by atoms with van der Waals surface area (Å²) in [7, 11) is 0. The SMILES string of the molecule is CCCCc1cc2cc(C(=O)O)ccc2o1. The van der Waals surface area contributed by atoms with Gasteiger partial charge in [0.05, 0.1) is 5.56 Å². The van der Waals surface area contributed by atoms with E-state index < -0.39 is 5.97 Å². The van der Waals surface area contributed by atoms with Crippen LogP contribution in [0.2, 0.25) is 0 Å². The first-order valence-corrected chi connectivity index (χ1v) is 5.46. The summed E-state index contributed by atoms with van der Waals surface area (Å²) >= 11 is 0. The third kappa shape index (κ3) is 2.08. The second kappa shape index (κ2) is 4.39. The van der Waals surface area contributed by atoms with Crippen LogP contribution in [0.25, 0.3) is 11.0 Å². The number of hydrogen-bond acceptors (Lipinski definition) is 2. The fraction of sp³-hybridized carbons (Fsp3) is 0.308. The fourth-order valence-corrected chi connectivity index (χ4v) is 1.71. The molecule has 0 aliphatic rings. The van der Waals surface area contributed by atoms with Crippen LogP contribution in [0, 0.1) is 0 Å². The summed E-state index contributed by atoms with van der Waals surface area (Å²) in [6.45, 7) is 2.13. The molecule has 0 aliphatic heterocycles. The Morgan fingerprint density at radius 2 is 2.19 bits per heavy atom. The first kappa shape index (κ1) is 10.7. The van der Waals surface area contributed by atoms with Crippen LogP contribution < -0.4 is 0 Å². The highest BCUT2D eigenvalue weighted by Crippen LogP contribution is 2.22. The predicted octanol–water partition coefficient (Wildman–Crippen LogP) is 3.47. The highest BCUT2D eigenvalue weighted by atomic mass is 16.4. The maximum Gasteiger partial charge on any atom is 0.335 e. The summed E-state index contributed by atoms with van der Waals surface area (Å²) < 4.78 is 5.61. The number of benzene rings is 1. The summed E-state index contributed by atoms with van der Waals surface area (Å²) in [5, 5.41) is 9.73. The molecular formula is C13H14O3. The second-order valence-electron chi connectivity index (χ2n) is 3.87. The molecule has 16 heavy (non-hydrogen) atoms. The third-order valence-corrected chi connectivity index (χ3v) is 2.59. The van der Waals surface area contributed by atoms with Gasteiger partial charge < -0.3 is 9.52 Å². The Hall–Kier alpha value is -1.77. The van der Waals surface area contributed by atoms with E-state index in [1.165, 1.54) is 0 Å². The van der Waals surface area contributed by atoms with Crippen LogP contribution in [-0.2, 0) is 6.42 Å². The molecule has 1 heterocycles. The monoisotopic (exact) mass is 218 g/mol. The lowest BCUT2D eigenvalue weighted by molar-refractivity contribution is 0.0697. The zero-order valence-electron chi connectivity index (χ0n) is 9.19. The Balaban J connectivity index is 2.34. The van der Waals surface area contributed by atoms with E-state index >= 15 is 0 Å². The van der Waals surface area contributed by atoms with E-state index in [1.807, 2.05) is 6.07 Å². The van der Waals surface area contributed by atoms with Gasteiger partial charge in [0.1, 0.15) is 11.3 Å². The molecule has 0 amide bonds. The van der Waals surface area contributed by atoms with Gasteiger partial charge in [-0.15, -0.1) is 0 Å². The van der Waals surface area contributed by atoms with Crippen molar-refractivity contribution in [3.63, 3.8) is 0 Å². The number of carboxylic acids is 1. The fourth-order valence-electron chi connectivity index (χ4n) is 1.71.